The molecule has 2 aromatic heterocycles. The first-order valence-corrected chi connectivity index (χ1v) is 4.59. The average molecular weight is 217 g/mol. The summed E-state index contributed by atoms with van der Waals surface area (Å²) in [5, 5.41) is 30.2. The lowest BCUT2D eigenvalue weighted by molar-refractivity contribution is 0.155. The van der Waals surface area contributed by atoms with Gasteiger partial charge >= 0.3 is 0 Å². The molecule has 2 N–H and O–H groups in total. The number of hydrogen-bond donors (Lipinski definition) is 2. The number of hydrogen-bond acceptors (Lipinski definition) is 6. The summed E-state index contributed by atoms with van der Waals surface area (Å²) in [6, 6.07) is 5.42. The van der Waals surface area contributed by atoms with Gasteiger partial charge in [0.05, 0.1) is 0 Å². The number of aromatic nitrogens is 7. The van der Waals surface area contributed by atoms with Crippen molar-refractivity contribution in [3.8, 4) is 0 Å². The fraction of sp³-hybridized carbons (Fsp3) is 0.125. The van der Waals surface area contributed by atoms with Crippen molar-refractivity contribution in [2.24, 2.45) is 0 Å². The van der Waals surface area contributed by atoms with Crippen LogP contribution < -0.4 is 0 Å². The van der Waals surface area contributed by atoms with Gasteiger partial charge < -0.3 is 5.21 Å². The molecule has 0 aliphatic carbocycles. The quantitative estimate of drug-likeness (QED) is 0.574. The Kier molecular flexibility index (Phi) is 1.79. The molecule has 0 unspecified atom stereocenters. The van der Waals surface area contributed by atoms with E-state index < -0.39 is 0 Å². The molecule has 80 valence electrons. The second-order valence-electron chi connectivity index (χ2n) is 3.31. The maximum atomic E-state index is 9.26. The average Bonchev–Trinajstić information content (AvgIpc) is 2.90. The third kappa shape index (κ3) is 1.36. The minimum Gasteiger partial charge on any atom is -0.410 e. The van der Waals surface area contributed by atoms with Crippen LogP contribution in [0.15, 0.2) is 18.2 Å². The summed E-state index contributed by atoms with van der Waals surface area (Å²) in [6.07, 6.45) is 0.560. The third-order valence-electron chi connectivity index (χ3n) is 2.24. The van der Waals surface area contributed by atoms with E-state index >= 15 is 0 Å². The van der Waals surface area contributed by atoms with E-state index in [-0.39, 0.29) is 0 Å². The van der Waals surface area contributed by atoms with E-state index in [1.54, 1.807) is 6.07 Å². The molecule has 0 atom stereocenters. The molecule has 0 bridgehead atoms. The highest BCUT2D eigenvalue weighted by molar-refractivity contribution is 5.74. The predicted octanol–water partition coefficient (Wildman–Crippen LogP) is -0.228. The van der Waals surface area contributed by atoms with Crippen LogP contribution in [0.3, 0.4) is 0 Å². The van der Waals surface area contributed by atoms with Crippen LogP contribution in [0.4, 0.5) is 0 Å². The van der Waals surface area contributed by atoms with Crippen molar-refractivity contribution in [1.82, 2.24) is 35.8 Å². The topological polar surface area (TPSA) is 105 Å². The molecule has 0 aliphatic heterocycles. The molecule has 0 fully saturated rings. The molecule has 0 radical (unpaired) electrons. The Morgan fingerprint density at radius 1 is 1.31 bits per heavy atom. The van der Waals surface area contributed by atoms with Gasteiger partial charge in [-0.15, -0.1) is 15.3 Å². The Hall–Kier alpha value is -2.51. The monoisotopic (exact) mass is 217 g/mol. The van der Waals surface area contributed by atoms with Gasteiger partial charge in [-0.3, -0.25) is 0 Å². The number of fused-ring (bicyclic) bond motifs is 1. The molecular formula is C8H7N7O. The van der Waals surface area contributed by atoms with Crippen LogP contribution in [0, 0.1) is 0 Å². The Morgan fingerprint density at radius 3 is 3.06 bits per heavy atom. The summed E-state index contributed by atoms with van der Waals surface area (Å²) in [5.74, 6) is 0.607. The summed E-state index contributed by atoms with van der Waals surface area (Å²) >= 11 is 0. The van der Waals surface area contributed by atoms with Gasteiger partial charge in [-0.2, -0.15) is 5.21 Å². The van der Waals surface area contributed by atoms with Gasteiger partial charge in [0.25, 0.3) is 0 Å². The van der Waals surface area contributed by atoms with Crippen LogP contribution in [0.25, 0.3) is 11.0 Å². The summed E-state index contributed by atoms with van der Waals surface area (Å²) in [6.45, 7) is 0. The highest BCUT2D eigenvalue weighted by Gasteiger charge is 2.06. The summed E-state index contributed by atoms with van der Waals surface area (Å²) in [5.41, 5.74) is 2.18. The second kappa shape index (κ2) is 3.26. The van der Waals surface area contributed by atoms with Crippen LogP contribution in [-0.4, -0.2) is 41.0 Å². The number of rotatable bonds is 2. The van der Waals surface area contributed by atoms with E-state index in [1.165, 1.54) is 0 Å². The maximum absolute atomic E-state index is 9.26. The van der Waals surface area contributed by atoms with Crippen LogP contribution in [0.2, 0.25) is 0 Å². The summed E-state index contributed by atoms with van der Waals surface area (Å²) in [7, 11) is 0. The Morgan fingerprint density at radius 2 is 2.25 bits per heavy atom. The van der Waals surface area contributed by atoms with Gasteiger partial charge in [-0.05, 0) is 22.9 Å². The predicted molar refractivity (Wildman–Crippen MR) is 51.7 cm³/mol. The number of benzene rings is 1. The summed E-state index contributed by atoms with van der Waals surface area (Å²) in [4.78, 5) is 0.744. The minimum absolute atomic E-state index is 0.560. The molecule has 2 heterocycles. The van der Waals surface area contributed by atoms with Gasteiger partial charge in [0, 0.05) is 6.42 Å². The lowest BCUT2D eigenvalue weighted by Crippen LogP contribution is -1.93. The van der Waals surface area contributed by atoms with Gasteiger partial charge in [-0.25, -0.2) is 0 Å². The SMILES string of the molecule is On1nnc2cc(Cc3nn[nH]n3)ccc21. The first kappa shape index (κ1) is 8.77. The van der Waals surface area contributed by atoms with Crippen molar-refractivity contribution in [2.45, 2.75) is 6.42 Å². The number of tetrazole rings is 1. The molecule has 16 heavy (non-hydrogen) atoms. The van der Waals surface area contributed by atoms with Crippen molar-refractivity contribution in [1.29, 1.82) is 0 Å². The number of nitrogens with zero attached hydrogens (tertiary/aromatic N) is 6. The Labute approximate surface area is 88.9 Å². The van der Waals surface area contributed by atoms with Crippen molar-refractivity contribution in [3.05, 3.63) is 29.6 Å². The first-order valence-electron chi connectivity index (χ1n) is 4.59. The highest BCUT2D eigenvalue weighted by Crippen LogP contribution is 2.13. The van der Waals surface area contributed by atoms with Gasteiger partial charge in [-0.1, -0.05) is 16.1 Å². The molecule has 0 saturated carbocycles. The molecule has 0 spiro atoms. The van der Waals surface area contributed by atoms with Gasteiger partial charge in [0.2, 0.25) is 0 Å². The maximum Gasteiger partial charge on any atom is 0.178 e. The largest absolute Gasteiger partial charge is 0.410 e. The molecule has 0 saturated heterocycles. The van der Waals surface area contributed by atoms with E-state index in [4.69, 9.17) is 0 Å². The molecule has 8 heteroatoms. The molecule has 3 rings (SSSR count). The van der Waals surface area contributed by atoms with Crippen LogP contribution in [0.1, 0.15) is 11.4 Å². The molecule has 3 aromatic rings. The molecular weight excluding hydrogens is 210 g/mol. The van der Waals surface area contributed by atoms with E-state index in [1.807, 2.05) is 12.1 Å². The Balaban J connectivity index is 1.99. The highest BCUT2D eigenvalue weighted by atomic mass is 16.5. The van der Waals surface area contributed by atoms with Crippen molar-refractivity contribution in [2.75, 3.05) is 0 Å². The van der Waals surface area contributed by atoms with E-state index in [9.17, 15) is 5.21 Å². The van der Waals surface area contributed by atoms with Gasteiger partial charge in [0.1, 0.15) is 11.0 Å². The van der Waals surface area contributed by atoms with Crippen molar-refractivity contribution < 1.29 is 5.21 Å². The normalized spacial score (nSPS) is 11.0. The molecule has 8 nitrogen and oxygen atoms in total. The molecule has 0 aliphatic rings. The van der Waals surface area contributed by atoms with Crippen LogP contribution in [0.5, 0.6) is 0 Å². The Bertz CT molecular complexity index is 614. The van der Waals surface area contributed by atoms with Crippen LogP contribution >= 0.6 is 0 Å². The zero-order valence-corrected chi connectivity index (χ0v) is 8.07. The van der Waals surface area contributed by atoms with Gasteiger partial charge in [0.15, 0.2) is 5.82 Å². The molecule has 1 aromatic carbocycles. The lowest BCUT2D eigenvalue weighted by atomic mass is 10.1. The fourth-order valence-electron chi connectivity index (χ4n) is 1.51. The van der Waals surface area contributed by atoms with E-state index in [2.05, 4.69) is 30.9 Å². The number of nitrogens with one attached hydrogen (secondary N) is 1. The third-order valence-corrected chi connectivity index (χ3v) is 2.24. The summed E-state index contributed by atoms with van der Waals surface area (Å²) < 4.78 is 0. The number of H-pyrrole nitrogens is 1. The van der Waals surface area contributed by atoms with Crippen LogP contribution in [-0.2, 0) is 6.42 Å². The lowest BCUT2D eigenvalue weighted by Gasteiger charge is -1.96. The second-order valence-corrected chi connectivity index (χ2v) is 3.31. The number of aromatic amines is 1. The smallest absolute Gasteiger partial charge is 0.178 e. The first-order chi connectivity index (χ1) is 7.83. The fourth-order valence-corrected chi connectivity index (χ4v) is 1.51. The minimum atomic E-state index is 0.560. The molecule has 0 amide bonds. The zero-order chi connectivity index (χ0) is 11.0. The zero-order valence-electron chi connectivity index (χ0n) is 8.07. The van der Waals surface area contributed by atoms with E-state index in [0.717, 1.165) is 10.4 Å². The van der Waals surface area contributed by atoms with E-state index in [0.29, 0.717) is 23.3 Å². The standard InChI is InChI=1S/C8H7N7O/c16-15-7-2-1-5(3-6(7)9-14-15)4-8-10-12-13-11-8/h1-3,16H,4H2,(H,10,11,12,13). The van der Waals surface area contributed by atoms with Crippen molar-refractivity contribution in [3.63, 3.8) is 0 Å². The van der Waals surface area contributed by atoms with Crippen molar-refractivity contribution >= 4 is 11.0 Å².